The number of aromatic hydroxyl groups is 1. The van der Waals surface area contributed by atoms with Crippen LogP contribution in [-0.2, 0) is 0 Å². The highest BCUT2D eigenvalue weighted by Crippen LogP contribution is 2.51. The molecule has 6 aromatic rings. The maximum Gasteiger partial charge on any atom is 0.123 e. The first-order valence-corrected chi connectivity index (χ1v) is 12.5. The monoisotopic (exact) mass is 474 g/mol. The van der Waals surface area contributed by atoms with Crippen LogP contribution < -0.4 is 0 Å². The van der Waals surface area contributed by atoms with E-state index in [1.54, 1.807) is 6.07 Å². The molecule has 0 atom stereocenters. The molecule has 0 saturated carbocycles. The predicted octanol–water partition coefficient (Wildman–Crippen LogP) is 9.73. The van der Waals surface area contributed by atoms with E-state index in [2.05, 4.69) is 103 Å². The van der Waals surface area contributed by atoms with E-state index in [1.807, 2.05) is 42.5 Å². The Morgan fingerprint density at radius 2 is 0.649 bits per heavy atom. The van der Waals surface area contributed by atoms with Crippen molar-refractivity contribution in [3.05, 3.63) is 152 Å². The summed E-state index contributed by atoms with van der Waals surface area (Å²) in [5.74, 6) is 0.265. The molecule has 0 aliphatic carbocycles. The third-order valence-corrected chi connectivity index (χ3v) is 6.80. The molecule has 1 N–H and O–H groups in total. The van der Waals surface area contributed by atoms with Crippen LogP contribution in [0.5, 0.6) is 5.75 Å². The molecule has 0 aliphatic rings. The molecule has 176 valence electrons. The predicted molar refractivity (Wildman–Crippen MR) is 155 cm³/mol. The van der Waals surface area contributed by atoms with Crippen LogP contribution in [0.1, 0.15) is 0 Å². The number of phenolic OH excluding ortho intramolecular Hbond substituents is 1. The van der Waals surface area contributed by atoms with Gasteiger partial charge in [-0.1, -0.05) is 140 Å². The van der Waals surface area contributed by atoms with Gasteiger partial charge in [-0.15, -0.1) is 0 Å². The first-order chi connectivity index (χ1) is 18.3. The molecule has 0 heterocycles. The molecule has 0 amide bonds. The van der Waals surface area contributed by atoms with Gasteiger partial charge < -0.3 is 5.11 Å². The van der Waals surface area contributed by atoms with Crippen LogP contribution in [0.3, 0.4) is 0 Å². The van der Waals surface area contributed by atoms with Crippen molar-refractivity contribution in [2.75, 3.05) is 0 Å². The maximum absolute atomic E-state index is 11.2. The molecular weight excluding hydrogens is 448 g/mol. The Kier molecular flexibility index (Phi) is 6.10. The molecule has 1 heteroatoms. The largest absolute Gasteiger partial charge is 0.507 e. The number of benzene rings is 6. The first kappa shape index (κ1) is 22.6. The van der Waals surface area contributed by atoms with Gasteiger partial charge in [0.25, 0.3) is 0 Å². The summed E-state index contributed by atoms with van der Waals surface area (Å²) in [6.07, 6.45) is 0. The number of phenols is 1. The minimum atomic E-state index is 0.265. The summed E-state index contributed by atoms with van der Waals surface area (Å²) in [6.45, 7) is 0. The minimum Gasteiger partial charge on any atom is -0.507 e. The summed E-state index contributed by atoms with van der Waals surface area (Å²) >= 11 is 0. The Morgan fingerprint density at radius 1 is 0.297 bits per heavy atom. The lowest BCUT2D eigenvalue weighted by molar-refractivity contribution is 0.477. The Bertz CT molecular complexity index is 1540. The molecule has 0 bridgehead atoms. The lowest BCUT2D eigenvalue weighted by Crippen LogP contribution is -1.98. The fourth-order valence-corrected chi connectivity index (χ4v) is 5.14. The van der Waals surface area contributed by atoms with Crippen LogP contribution in [-0.4, -0.2) is 5.11 Å². The van der Waals surface area contributed by atoms with Gasteiger partial charge in [-0.05, 0) is 56.6 Å². The topological polar surface area (TPSA) is 20.2 Å². The molecular formula is C36H26O. The van der Waals surface area contributed by atoms with Crippen molar-refractivity contribution in [1.29, 1.82) is 0 Å². The van der Waals surface area contributed by atoms with Crippen molar-refractivity contribution in [1.82, 2.24) is 0 Å². The molecule has 37 heavy (non-hydrogen) atoms. The van der Waals surface area contributed by atoms with Crippen molar-refractivity contribution >= 4 is 0 Å². The van der Waals surface area contributed by atoms with Gasteiger partial charge in [0, 0.05) is 11.1 Å². The molecule has 6 aromatic carbocycles. The normalized spacial score (nSPS) is 10.8. The van der Waals surface area contributed by atoms with Crippen molar-refractivity contribution < 1.29 is 5.11 Å². The SMILES string of the molecule is Oc1ccccc1-c1c(-c2ccccc2)c(-c2ccccc2)cc(-c2ccccc2)c1-c1ccccc1. The minimum absolute atomic E-state index is 0.265. The lowest BCUT2D eigenvalue weighted by atomic mass is 9.78. The third-order valence-electron chi connectivity index (χ3n) is 6.80. The lowest BCUT2D eigenvalue weighted by Gasteiger charge is -2.24. The molecule has 0 aromatic heterocycles. The summed E-state index contributed by atoms with van der Waals surface area (Å²) in [5.41, 5.74) is 10.8. The molecule has 0 radical (unpaired) electrons. The van der Waals surface area contributed by atoms with Gasteiger partial charge in [-0.2, -0.15) is 0 Å². The second kappa shape index (κ2) is 10.0. The summed E-state index contributed by atoms with van der Waals surface area (Å²) in [7, 11) is 0. The van der Waals surface area contributed by atoms with E-state index in [1.165, 1.54) is 0 Å². The van der Waals surface area contributed by atoms with Crippen molar-refractivity contribution in [2.45, 2.75) is 0 Å². The maximum atomic E-state index is 11.2. The smallest absolute Gasteiger partial charge is 0.123 e. The zero-order valence-electron chi connectivity index (χ0n) is 20.4. The van der Waals surface area contributed by atoms with Gasteiger partial charge in [-0.25, -0.2) is 0 Å². The quantitative estimate of drug-likeness (QED) is 0.264. The zero-order valence-corrected chi connectivity index (χ0v) is 20.4. The summed E-state index contributed by atoms with van der Waals surface area (Å²) < 4.78 is 0. The fourth-order valence-electron chi connectivity index (χ4n) is 5.14. The first-order valence-electron chi connectivity index (χ1n) is 12.5. The number of hydrogen-bond acceptors (Lipinski definition) is 1. The molecule has 1 nitrogen and oxygen atoms in total. The van der Waals surface area contributed by atoms with E-state index in [-0.39, 0.29) is 5.75 Å². The zero-order chi connectivity index (χ0) is 25.0. The average molecular weight is 475 g/mol. The Hall–Kier alpha value is -4.88. The highest BCUT2D eigenvalue weighted by molar-refractivity contribution is 6.08. The van der Waals surface area contributed by atoms with E-state index < -0.39 is 0 Å². The van der Waals surface area contributed by atoms with Crippen molar-refractivity contribution in [3.63, 3.8) is 0 Å². The van der Waals surface area contributed by atoms with Crippen LogP contribution in [0.2, 0.25) is 0 Å². The fraction of sp³-hybridized carbons (Fsp3) is 0. The number of rotatable bonds is 5. The van der Waals surface area contributed by atoms with E-state index in [0.29, 0.717) is 0 Å². The summed E-state index contributed by atoms with van der Waals surface area (Å²) in [4.78, 5) is 0. The van der Waals surface area contributed by atoms with Crippen molar-refractivity contribution in [2.24, 2.45) is 0 Å². The molecule has 0 fully saturated rings. The second-order valence-electron chi connectivity index (χ2n) is 9.08. The third kappa shape index (κ3) is 4.32. The van der Waals surface area contributed by atoms with Crippen LogP contribution >= 0.6 is 0 Å². The highest BCUT2D eigenvalue weighted by Gasteiger charge is 2.24. The van der Waals surface area contributed by atoms with Gasteiger partial charge in [-0.3, -0.25) is 0 Å². The highest BCUT2D eigenvalue weighted by atomic mass is 16.3. The standard InChI is InChI=1S/C36H26O/c37-33-24-14-13-23-30(33)36-34(28-19-9-3-10-20-28)31(26-15-5-1-6-16-26)25-32(27-17-7-2-8-18-27)35(36)29-21-11-4-12-22-29/h1-25,37H. The van der Waals surface area contributed by atoms with E-state index in [4.69, 9.17) is 0 Å². The van der Waals surface area contributed by atoms with Crippen LogP contribution in [0, 0.1) is 0 Å². The van der Waals surface area contributed by atoms with Crippen LogP contribution in [0.4, 0.5) is 0 Å². The Balaban J connectivity index is 1.86. The van der Waals surface area contributed by atoms with Gasteiger partial charge in [0.05, 0.1) is 0 Å². The number of hydrogen-bond donors (Lipinski definition) is 1. The van der Waals surface area contributed by atoms with Crippen LogP contribution in [0.15, 0.2) is 152 Å². The van der Waals surface area contributed by atoms with Gasteiger partial charge in [0.1, 0.15) is 5.75 Å². The van der Waals surface area contributed by atoms with E-state index in [9.17, 15) is 5.11 Å². The molecule has 0 unspecified atom stereocenters. The molecule has 6 rings (SSSR count). The van der Waals surface area contributed by atoms with Crippen LogP contribution in [0.25, 0.3) is 55.6 Å². The second-order valence-corrected chi connectivity index (χ2v) is 9.08. The molecule has 0 spiro atoms. The molecule has 0 saturated heterocycles. The van der Waals surface area contributed by atoms with E-state index in [0.717, 1.165) is 55.6 Å². The Morgan fingerprint density at radius 3 is 1.05 bits per heavy atom. The van der Waals surface area contributed by atoms with Gasteiger partial charge in [0.2, 0.25) is 0 Å². The summed E-state index contributed by atoms with van der Waals surface area (Å²) in [6, 6.07) is 52.1. The van der Waals surface area contributed by atoms with Gasteiger partial charge in [0.15, 0.2) is 0 Å². The average Bonchev–Trinajstić information content (AvgIpc) is 2.98. The van der Waals surface area contributed by atoms with Crippen molar-refractivity contribution in [3.8, 4) is 61.4 Å². The van der Waals surface area contributed by atoms with E-state index >= 15 is 0 Å². The Labute approximate surface area is 218 Å². The summed E-state index contributed by atoms with van der Waals surface area (Å²) in [5, 5.41) is 11.2. The number of para-hydroxylation sites is 1. The van der Waals surface area contributed by atoms with Gasteiger partial charge >= 0.3 is 0 Å². The molecule has 0 aliphatic heterocycles.